The molecule has 0 fully saturated rings. The largest absolute Gasteiger partial charge is 0.493 e. The zero-order valence-corrected chi connectivity index (χ0v) is 16.1. The summed E-state index contributed by atoms with van der Waals surface area (Å²) in [7, 11) is 8.25. The van der Waals surface area contributed by atoms with Gasteiger partial charge in [-0.25, -0.2) is 4.57 Å². The molecular weight excluding hydrogens is 346 g/mol. The molecule has 0 aliphatic rings. The van der Waals surface area contributed by atoms with Gasteiger partial charge in [0.15, 0.2) is 35.3 Å². The minimum absolute atomic E-state index is 0.566. The van der Waals surface area contributed by atoms with E-state index in [1.807, 2.05) is 42.1 Å². The summed E-state index contributed by atoms with van der Waals surface area (Å²) in [6.07, 6.45) is 1.05. The van der Waals surface area contributed by atoms with Crippen LogP contribution in [0.3, 0.4) is 0 Å². The number of benzene rings is 2. The maximum absolute atomic E-state index is 11.2. The first kappa shape index (κ1) is 18.8. The molecule has 1 aromatic heterocycles. The summed E-state index contributed by atoms with van der Waals surface area (Å²) >= 11 is 0. The molecule has 0 aliphatic carbocycles. The van der Waals surface area contributed by atoms with Crippen LogP contribution in [0.4, 0.5) is 0 Å². The summed E-state index contributed by atoms with van der Waals surface area (Å²) in [6, 6.07) is 11.1. The van der Waals surface area contributed by atoms with E-state index in [4.69, 9.17) is 18.9 Å². The highest BCUT2D eigenvalue weighted by molar-refractivity contribution is 5.87. The number of aromatic nitrogens is 1. The molecule has 2 aromatic carbocycles. The van der Waals surface area contributed by atoms with Crippen molar-refractivity contribution < 1.29 is 28.6 Å². The van der Waals surface area contributed by atoms with E-state index in [0.29, 0.717) is 28.6 Å². The molecule has 6 nitrogen and oxygen atoms in total. The van der Waals surface area contributed by atoms with Crippen molar-refractivity contribution in [3.05, 3.63) is 53.9 Å². The van der Waals surface area contributed by atoms with Crippen LogP contribution in [0, 0.1) is 0 Å². The highest BCUT2D eigenvalue weighted by Crippen LogP contribution is 2.37. The Balaban J connectivity index is 2.19. The van der Waals surface area contributed by atoms with Gasteiger partial charge in [-0.15, -0.1) is 0 Å². The Hall–Kier alpha value is -2.99. The fraction of sp³-hybridized carbons (Fsp3) is 0.286. The molecule has 0 saturated heterocycles. The van der Waals surface area contributed by atoms with Gasteiger partial charge in [-0.05, 0) is 35.2 Å². The summed E-state index contributed by atoms with van der Waals surface area (Å²) in [5, 5.41) is 13.0. The molecule has 0 aliphatic heterocycles. The summed E-state index contributed by atoms with van der Waals surface area (Å²) in [4.78, 5) is 0. The van der Waals surface area contributed by atoms with Gasteiger partial charge in [-0.3, -0.25) is 0 Å². The van der Waals surface area contributed by atoms with Gasteiger partial charge in [0.05, 0.1) is 33.8 Å². The number of aliphatic hydroxyl groups is 1. The van der Waals surface area contributed by atoms with Crippen molar-refractivity contribution in [1.29, 1.82) is 0 Å². The molecule has 1 N–H and O–H groups in total. The Morgan fingerprint density at radius 2 is 1.37 bits per heavy atom. The van der Waals surface area contributed by atoms with Crippen LogP contribution in [-0.2, 0) is 7.05 Å². The Morgan fingerprint density at radius 1 is 0.778 bits per heavy atom. The number of aryl methyl sites for hydroxylation is 1. The van der Waals surface area contributed by atoms with Crippen LogP contribution in [0.5, 0.6) is 23.0 Å². The predicted octanol–water partition coefficient (Wildman–Crippen LogP) is 2.78. The van der Waals surface area contributed by atoms with Crippen molar-refractivity contribution in [1.82, 2.24) is 0 Å². The van der Waals surface area contributed by atoms with E-state index in [2.05, 4.69) is 0 Å². The number of rotatable bonds is 6. The smallest absolute Gasteiger partial charge is 0.222 e. The number of fused-ring (bicyclic) bond motifs is 1. The molecule has 142 valence electrons. The van der Waals surface area contributed by atoms with Crippen molar-refractivity contribution in [3.63, 3.8) is 0 Å². The van der Waals surface area contributed by atoms with Crippen molar-refractivity contribution >= 4 is 10.8 Å². The zero-order chi connectivity index (χ0) is 19.6. The summed E-state index contributed by atoms with van der Waals surface area (Å²) in [5.41, 5.74) is 1.44. The van der Waals surface area contributed by atoms with Gasteiger partial charge in [-0.2, -0.15) is 0 Å². The monoisotopic (exact) mass is 370 g/mol. The van der Waals surface area contributed by atoms with Gasteiger partial charge in [-0.1, -0.05) is 6.07 Å². The molecule has 0 spiro atoms. The lowest BCUT2D eigenvalue weighted by molar-refractivity contribution is -0.680. The van der Waals surface area contributed by atoms with E-state index >= 15 is 0 Å². The third-order valence-corrected chi connectivity index (χ3v) is 4.67. The lowest BCUT2D eigenvalue weighted by Gasteiger charge is -2.15. The average molecular weight is 370 g/mol. The number of hydrogen-bond donors (Lipinski definition) is 1. The standard InChI is InChI=1S/C21H24NO5/c1-22-9-8-13-10-18(26-4)19(27-5)12-15(13)20(22)21(23)14-6-7-16(24-2)17(11-14)25-3/h6-12,21,23H,1-5H3/q+1/t21-/m1/s1. The Morgan fingerprint density at radius 3 is 2.00 bits per heavy atom. The molecule has 0 radical (unpaired) electrons. The van der Waals surface area contributed by atoms with Crippen LogP contribution < -0.4 is 23.5 Å². The van der Waals surface area contributed by atoms with Crippen LogP contribution in [-0.4, -0.2) is 33.5 Å². The number of pyridine rings is 1. The molecule has 0 amide bonds. The maximum atomic E-state index is 11.2. The highest BCUT2D eigenvalue weighted by Gasteiger charge is 2.25. The van der Waals surface area contributed by atoms with Crippen molar-refractivity contribution in [2.45, 2.75) is 6.10 Å². The second kappa shape index (κ2) is 7.72. The minimum Gasteiger partial charge on any atom is -0.493 e. The van der Waals surface area contributed by atoms with Gasteiger partial charge < -0.3 is 24.1 Å². The second-order valence-electron chi connectivity index (χ2n) is 6.12. The number of ether oxygens (including phenoxy) is 4. The quantitative estimate of drug-likeness (QED) is 0.676. The molecule has 6 heteroatoms. The molecule has 0 unspecified atom stereocenters. The molecule has 3 aromatic rings. The van der Waals surface area contributed by atoms with E-state index < -0.39 is 6.10 Å². The first-order valence-electron chi connectivity index (χ1n) is 8.48. The third kappa shape index (κ3) is 3.36. The van der Waals surface area contributed by atoms with Gasteiger partial charge >= 0.3 is 0 Å². The maximum Gasteiger partial charge on any atom is 0.222 e. The van der Waals surface area contributed by atoms with Gasteiger partial charge in [0, 0.05) is 6.07 Å². The topological polar surface area (TPSA) is 61.0 Å². The van der Waals surface area contributed by atoms with Crippen molar-refractivity contribution in [2.75, 3.05) is 28.4 Å². The Bertz CT molecular complexity index is 970. The van der Waals surface area contributed by atoms with Crippen LogP contribution in [0.25, 0.3) is 10.8 Å². The third-order valence-electron chi connectivity index (χ3n) is 4.67. The molecule has 1 atom stereocenters. The van der Waals surface area contributed by atoms with Crippen molar-refractivity contribution in [3.8, 4) is 23.0 Å². The van der Waals surface area contributed by atoms with E-state index in [1.165, 1.54) is 0 Å². The zero-order valence-electron chi connectivity index (χ0n) is 16.1. The molecule has 3 rings (SSSR count). The van der Waals surface area contributed by atoms with Crippen LogP contribution in [0.2, 0.25) is 0 Å². The van der Waals surface area contributed by atoms with E-state index in [1.54, 1.807) is 40.6 Å². The van der Waals surface area contributed by atoms with E-state index in [0.717, 1.165) is 16.5 Å². The minimum atomic E-state index is -0.864. The summed E-state index contributed by atoms with van der Waals surface area (Å²) < 4.78 is 23.4. The first-order chi connectivity index (χ1) is 13.0. The fourth-order valence-corrected chi connectivity index (χ4v) is 3.24. The number of aliphatic hydroxyl groups excluding tert-OH is 1. The predicted molar refractivity (Wildman–Crippen MR) is 102 cm³/mol. The molecule has 0 bridgehead atoms. The lowest BCUT2D eigenvalue weighted by Crippen LogP contribution is -2.35. The van der Waals surface area contributed by atoms with Gasteiger partial charge in [0.25, 0.3) is 0 Å². The summed E-state index contributed by atoms with van der Waals surface area (Å²) in [5.74, 6) is 2.43. The molecule has 1 heterocycles. The van der Waals surface area contributed by atoms with Gasteiger partial charge in [0.1, 0.15) is 7.05 Å². The Kier molecular flexibility index (Phi) is 5.37. The molecule has 27 heavy (non-hydrogen) atoms. The number of methoxy groups -OCH3 is 4. The van der Waals surface area contributed by atoms with E-state index in [9.17, 15) is 5.11 Å². The number of nitrogens with zero attached hydrogens (tertiary/aromatic N) is 1. The van der Waals surface area contributed by atoms with Crippen molar-refractivity contribution in [2.24, 2.45) is 7.05 Å². The van der Waals surface area contributed by atoms with Gasteiger partial charge in [0.2, 0.25) is 5.69 Å². The fourth-order valence-electron chi connectivity index (χ4n) is 3.24. The van der Waals surface area contributed by atoms with Crippen LogP contribution >= 0.6 is 0 Å². The second-order valence-corrected chi connectivity index (χ2v) is 6.12. The SMILES string of the molecule is COc1ccc([C@@H](O)c2c3cc(OC)c(OC)cc3cc[n+]2C)cc1OC. The van der Waals surface area contributed by atoms with Crippen LogP contribution in [0.15, 0.2) is 42.6 Å². The first-order valence-corrected chi connectivity index (χ1v) is 8.48. The van der Waals surface area contributed by atoms with Crippen LogP contribution in [0.1, 0.15) is 17.4 Å². The molecule has 0 saturated carbocycles. The number of hydrogen-bond acceptors (Lipinski definition) is 5. The molecular formula is C21H24NO5+. The highest BCUT2D eigenvalue weighted by atomic mass is 16.5. The Labute approximate surface area is 158 Å². The lowest BCUT2D eigenvalue weighted by atomic mass is 9.99. The van der Waals surface area contributed by atoms with E-state index in [-0.39, 0.29) is 0 Å². The normalized spacial score (nSPS) is 11.9. The average Bonchev–Trinajstić information content (AvgIpc) is 2.71. The summed E-state index contributed by atoms with van der Waals surface area (Å²) in [6.45, 7) is 0.